The molecule has 0 spiro atoms. The molecule has 1 aliphatic heterocycles. The van der Waals surface area contributed by atoms with Crippen molar-refractivity contribution in [3.05, 3.63) is 34.9 Å². The molecule has 3 nitrogen and oxygen atoms in total. The Balaban J connectivity index is 2.11. The zero-order valence-electron chi connectivity index (χ0n) is 10.3. The van der Waals surface area contributed by atoms with Crippen LogP contribution in [0.15, 0.2) is 24.3 Å². The number of aliphatic carboxylic acids is 1. The minimum Gasteiger partial charge on any atom is -0.480 e. The van der Waals surface area contributed by atoms with Crippen molar-refractivity contribution in [1.82, 2.24) is 4.90 Å². The lowest BCUT2D eigenvalue weighted by Crippen LogP contribution is -2.45. The van der Waals surface area contributed by atoms with Gasteiger partial charge in [0.05, 0.1) is 0 Å². The van der Waals surface area contributed by atoms with E-state index < -0.39 is 12.0 Å². The number of carboxylic acid groups (broad SMARTS) is 1. The molecule has 98 valence electrons. The molecule has 0 radical (unpaired) electrons. The van der Waals surface area contributed by atoms with E-state index in [4.69, 9.17) is 11.6 Å². The molecule has 1 fully saturated rings. The van der Waals surface area contributed by atoms with Crippen LogP contribution in [0.3, 0.4) is 0 Å². The van der Waals surface area contributed by atoms with Gasteiger partial charge in [0.1, 0.15) is 6.04 Å². The lowest BCUT2D eigenvalue weighted by Gasteiger charge is -2.32. The molecule has 1 aliphatic rings. The molecule has 1 saturated heterocycles. The van der Waals surface area contributed by atoms with Crippen molar-refractivity contribution in [2.75, 3.05) is 13.1 Å². The third-order valence-corrected chi connectivity index (χ3v) is 3.86. The maximum absolute atomic E-state index is 11.4. The molecule has 0 saturated carbocycles. The standard InChI is InChI=1S/C14H18ClNO2/c15-12-7-3-2-6-11(12)10-13(14(17)18)16-8-4-1-5-9-16/h2-3,6-7,13H,1,4-5,8-10H2,(H,17,18)/t13-/m0/s1. The number of rotatable bonds is 4. The van der Waals surface area contributed by atoms with Gasteiger partial charge < -0.3 is 5.11 Å². The Hall–Kier alpha value is -1.06. The lowest BCUT2D eigenvalue weighted by atomic mass is 10.0. The van der Waals surface area contributed by atoms with Crippen molar-refractivity contribution in [1.29, 1.82) is 0 Å². The van der Waals surface area contributed by atoms with Crippen LogP contribution < -0.4 is 0 Å². The summed E-state index contributed by atoms with van der Waals surface area (Å²) >= 11 is 6.10. The van der Waals surface area contributed by atoms with E-state index in [1.807, 2.05) is 24.3 Å². The SMILES string of the molecule is O=C(O)[C@H](Cc1ccccc1Cl)N1CCCCC1. The smallest absolute Gasteiger partial charge is 0.321 e. The van der Waals surface area contributed by atoms with Crippen LogP contribution in [-0.2, 0) is 11.2 Å². The topological polar surface area (TPSA) is 40.5 Å². The molecule has 1 atom stereocenters. The zero-order valence-corrected chi connectivity index (χ0v) is 11.1. The second-order valence-corrected chi connectivity index (χ2v) is 5.15. The summed E-state index contributed by atoms with van der Waals surface area (Å²) in [5, 5.41) is 10.0. The summed E-state index contributed by atoms with van der Waals surface area (Å²) in [5.74, 6) is -0.753. The van der Waals surface area contributed by atoms with E-state index in [0.29, 0.717) is 11.4 Å². The highest BCUT2D eigenvalue weighted by molar-refractivity contribution is 6.31. The van der Waals surface area contributed by atoms with Gasteiger partial charge in [-0.3, -0.25) is 9.69 Å². The molecule has 0 amide bonds. The predicted octanol–water partition coefficient (Wildman–Crippen LogP) is 2.82. The maximum atomic E-state index is 11.4. The average molecular weight is 268 g/mol. The van der Waals surface area contributed by atoms with Crippen LogP contribution in [0.4, 0.5) is 0 Å². The van der Waals surface area contributed by atoms with Crippen LogP contribution in [0.25, 0.3) is 0 Å². The van der Waals surface area contributed by atoms with Gasteiger partial charge in [-0.1, -0.05) is 36.2 Å². The molecule has 0 bridgehead atoms. The van der Waals surface area contributed by atoms with Crippen LogP contribution in [0.1, 0.15) is 24.8 Å². The fourth-order valence-electron chi connectivity index (χ4n) is 2.47. The number of likely N-dealkylation sites (tertiary alicyclic amines) is 1. The predicted molar refractivity (Wildman–Crippen MR) is 72.0 cm³/mol. The normalized spacial score (nSPS) is 18.5. The van der Waals surface area contributed by atoms with Gasteiger partial charge in [-0.15, -0.1) is 0 Å². The number of hydrogen-bond donors (Lipinski definition) is 1. The number of hydrogen-bond acceptors (Lipinski definition) is 2. The first-order valence-corrected chi connectivity index (χ1v) is 6.76. The van der Waals surface area contributed by atoms with E-state index in [1.54, 1.807) is 0 Å². The number of benzene rings is 1. The Morgan fingerprint density at radius 1 is 1.28 bits per heavy atom. The van der Waals surface area contributed by atoms with Crippen molar-refractivity contribution < 1.29 is 9.90 Å². The van der Waals surface area contributed by atoms with Crippen molar-refractivity contribution in [3.8, 4) is 0 Å². The molecule has 1 aromatic carbocycles. The molecule has 4 heteroatoms. The zero-order chi connectivity index (χ0) is 13.0. The van der Waals surface area contributed by atoms with Crippen LogP contribution >= 0.6 is 11.6 Å². The second kappa shape index (κ2) is 6.21. The van der Waals surface area contributed by atoms with Crippen molar-refractivity contribution in [2.45, 2.75) is 31.7 Å². The molecule has 1 heterocycles. The highest BCUT2D eigenvalue weighted by Crippen LogP contribution is 2.21. The summed E-state index contributed by atoms with van der Waals surface area (Å²) in [4.78, 5) is 13.5. The minimum atomic E-state index is -0.753. The molecule has 1 N–H and O–H groups in total. The van der Waals surface area contributed by atoms with E-state index in [-0.39, 0.29) is 0 Å². The summed E-state index contributed by atoms with van der Waals surface area (Å²) in [5.41, 5.74) is 0.914. The maximum Gasteiger partial charge on any atom is 0.321 e. The molecular weight excluding hydrogens is 250 g/mol. The fraction of sp³-hybridized carbons (Fsp3) is 0.500. The van der Waals surface area contributed by atoms with Crippen molar-refractivity contribution in [2.24, 2.45) is 0 Å². The van der Waals surface area contributed by atoms with E-state index >= 15 is 0 Å². The summed E-state index contributed by atoms with van der Waals surface area (Å²) < 4.78 is 0. The number of halogens is 1. The van der Waals surface area contributed by atoms with E-state index in [2.05, 4.69) is 4.90 Å². The number of carboxylic acids is 1. The summed E-state index contributed by atoms with van der Waals surface area (Å²) in [6, 6.07) is 7.03. The molecule has 0 aromatic heterocycles. The van der Waals surface area contributed by atoms with Crippen molar-refractivity contribution >= 4 is 17.6 Å². The Morgan fingerprint density at radius 2 is 1.94 bits per heavy atom. The highest BCUT2D eigenvalue weighted by atomic mass is 35.5. The molecule has 0 aliphatic carbocycles. The van der Waals surface area contributed by atoms with Gasteiger partial charge in [-0.25, -0.2) is 0 Å². The third kappa shape index (κ3) is 3.24. The molecule has 0 unspecified atom stereocenters. The second-order valence-electron chi connectivity index (χ2n) is 4.75. The lowest BCUT2D eigenvalue weighted by molar-refractivity contribution is -0.143. The van der Waals surface area contributed by atoms with E-state index in [1.165, 1.54) is 6.42 Å². The van der Waals surface area contributed by atoms with Gasteiger partial charge in [-0.05, 0) is 37.6 Å². The summed E-state index contributed by atoms with van der Waals surface area (Å²) in [6.45, 7) is 1.75. The first-order chi connectivity index (χ1) is 8.68. The van der Waals surface area contributed by atoms with Gasteiger partial charge in [0.2, 0.25) is 0 Å². The molecule has 1 aromatic rings. The number of carbonyl (C=O) groups is 1. The van der Waals surface area contributed by atoms with E-state index in [0.717, 1.165) is 31.5 Å². The van der Waals surface area contributed by atoms with Gasteiger partial charge in [0, 0.05) is 11.4 Å². The summed E-state index contributed by atoms with van der Waals surface area (Å²) in [7, 11) is 0. The highest BCUT2D eigenvalue weighted by Gasteiger charge is 2.27. The third-order valence-electron chi connectivity index (χ3n) is 3.49. The van der Waals surface area contributed by atoms with Crippen molar-refractivity contribution in [3.63, 3.8) is 0 Å². The van der Waals surface area contributed by atoms with Gasteiger partial charge in [0.25, 0.3) is 0 Å². The van der Waals surface area contributed by atoms with Crippen LogP contribution in [0.2, 0.25) is 5.02 Å². The number of piperidine rings is 1. The first-order valence-electron chi connectivity index (χ1n) is 6.39. The van der Waals surface area contributed by atoms with Crippen LogP contribution in [0, 0.1) is 0 Å². The first kappa shape index (κ1) is 13.4. The molecule has 18 heavy (non-hydrogen) atoms. The Kier molecular flexibility index (Phi) is 4.61. The molecule has 2 rings (SSSR count). The monoisotopic (exact) mass is 267 g/mol. The van der Waals surface area contributed by atoms with Gasteiger partial charge in [-0.2, -0.15) is 0 Å². The van der Waals surface area contributed by atoms with Gasteiger partial charge >= 0.3 is 5.97 Å². The number of nitrogens with zero attached hydrogens (tertiary/aromatic N) is 1. The van der Waals surface area contributed by atoms with Crippen LogP contribution in [0.5, 0.6) is 0 Å². The Morgan fingerprint density at radius 3 is 2.56 bits per heavy atom. The van der Waals surface area contributed by atoms with E-state index in [9.17, 15) is 9.90 Å². The van der Waals surface area contributed by atoms with Gasteiger partial charge in [0.15, 0.2) is 0 Å². The molecular formula is C14H18ClNO2. The Labute approximate surface area is 112 Å². The van der Waals surface area contributed by atoms with Crippen LogP contribution in [-0.4, -0.2) is 35.1 Å². The Bertz CT molecular complexity index is 416. The minimum absolute atomic E-state index is 0.454. The average Bonchev–Trinajstić information content (AvgIpc) is 2.38. The largest absolute Gasteiger partial charge is 0.480 e. The quantitative estimate of drug-likeness (QED) is 0.912. The summed E-state index contributed by atoms with van der Waals surface area (Å²) in [6.07, 6.45) is 3.86. The fourth-order valence-corrected chi connectivity index (χ4v) is 2.69.